The van der Waals surface area contributed by atoms with Gasteiger partial charge in [0.1, 0.15) is 0 Å². The number of hydrogen-bond donors (Lipinski definition) is 2. The molecule has 3 N–H and O–H groups in total. The number of anilines is 2. The number of sulfonamides is 2. The fourth-order valence-corrected chi connectivity index (χ4v) is 8.78. The van der Waals surface area contributed by atoms with E-state index in [1.165, 1.54) is 27.9 Å². The molecule has 2 aromatic rings. The number of rotatable bonds is 5. The number of aromatic nitrogens is 2. The maximum absolute atomic E-state index is 12.3. The molecule has 0 aliphatic carbocycles. The van der Waals surface area contributed by atoms with Crippen LogP contribution in [0.4, 0.5) is 10.3 Å². The predicted octanol–water partition coefficient (Wildman–Crippen LogP) is 2.18. The standard InChI is InChI=1S/C10H15N3O3S2.C8H13N3O2S2/c1-8(14)12-10-11-7-9(17-10)18(15,16)13-5-3-2-4-6-13;9-8-10-6-7(14-8)15(12,13)11-4-2-1-3-5-11/h7H,2-6H2,1H3,(H,11,12,14);6H,1-5H2,(H2,9,10). The summed E-state index contributed by atoms with van der Waals surface area (Å²) in [5.74, 6) is -0.258. The summed E-state index contributed by atoms with van der Waals surface area (Å²) in [7, 11) is -6.77. The molecule has 0 bridgehead atoms. The lowest BCUT2D eigenvalue weighted by Gasteiger charge is -2.24. The SMILES string of the molecule is CC(=O)Nc1ncc(S(=O)(=O)N2CCCCC2)s1.Nc1ncc(S(=O)(=O)N2CCCCC2)s1. The van der Waals surface area contributed by atoms with E-state index in [2.05, 4.69) is 15.3 Å². The highest BCUT2D eigenvalue weighted by Crippen LogP contribution is 2.28. The summed E-state index contributed by atoms with van der Waals surface area (Å²) in [6.07, 6.45) is 8.50. The van der Waals surface area contributed by atoms with Crippen molar-refractivity contribution in [3.63, 3.8) is 0 Å². The van der Waals surface area contributed by atoms with Gasteiger partial charge in [0.05, 0.1) is 12.4 Å². The number of carbonyl (C=O) groups is 1. The maximum Gasteiger partial charge on any atom is 0.254 e. The highest BCUT2D eigenvalue weighted by atomic mass is 32.3. The molecular formula is C18H28N6O5S4. The van der Waals surface area contributed by atoms with Crippen LogP contribution in [0.1, 0.15) is 45.4 Å². The number of nitrogens with two attached hydrogens (primary N) is 1. The average molecular weight is 537 g/mol. The van der Waals surface area contributed by atoms with E-state index in [0.717, 1.165) is 61.2 Å². The van der Waals surface area contributed by atoms with E-state index in [0.29, 0.717) is 36.4 Å². The molecule has 15 heteroatoms. The molecule has 0 aromatic carbocycles. The molecule has 0 spiro atoms. The van der Waals surface area contributed by atoms with Gasteiger partial charge in [-0.25, -0.2) is 26.8 Å². The molecular weight excluding hydrogens is 509 g/mol. The lowest BCUT2D eigenvalue weighted by Crippen LogP contribution is -2.35. The van der Waals surface area contributed by atoms with E-state index in [9.17, 15) is 21.6 Å². The van der Waals surface area contributed by atoms with Gasteiger partial charge < -0.3 is 11.1 Å². The first-order chi connectivity index (χ1) is 15.6. The van der Waals surface area contributed by atoms with Gasteiger partial charge in [0.2, 0.25) is 5.91 Å². The number of piperidine rings is 2. The van der Waals surface area contributed by atoms with Crippen LogP contribution < -0.4 is 11.1 Å². The van der Waals surface area contributed by atoms with Crippen molar-refractivity contribution in [1.29, 1.82) is 0 Å². The summed E-state index contributed by atoms with van der Waals surface area (Å²) in [5.41, 5.74) is 5.43. The summed E-state index contributed by atoms with van der Waals surface area (Å²) >= 11 is 2.01. The smallest absolute Gasteiger partial charge is 0.254 e. The van der Waals surface area contributed by atoms with Crippen molar-refractivity contribution in [2.45, 2.75) is 53.9 Å². The molecule has 4 rings (SSSR count). The van der Waals surface area contributed by atoms with Crippen LogP contribution in [0.5, 0.6) is 0 Å². The molecule has 184 valence electrons. The van der Waals surface area contributed by atoms with Crippen molar-refractivity contribution >= 4 is 58.9 Å². The van der Waals surface area contributed by atoms with E-state index in [1.54, 1.807) is 0 Å². The average Bonchev–Trinajstić information content (AvgIpc) is 3.45. The van der Waals surface area contributed by atoms with Crippen LogP contribution in [0.2, 0.25) is 0 Å². The minimum Gasteiger partial charge on any atom is -0.375 e. The molecule has 0 saturated carbocycles. The number of nitrogens with zero attached hydrogens (tertiary/aromatic N) is 4. The zero-order valence-corrected chi connectivity index (χ0v) is 21.5. The molecule has 1 amide bonds. The van der Waals surface area contributed by atoms with Gasteiger partial charge in [0.15, 0.2) is 18.7 Å². The van der Waals surface area contributed by atoms with Crippen LogP contribution in [0, 0.1) is 0 Å². The fraction of sp³-hybridized carbons (Fsp3) is 0.611. The Morgan fingerprint density at radius 2 is 1.30 bits per heavy atom. The molecule has 33 heavy (non-hydrogen) atoms. The lowest BCUT2D eigenvalue weighted by molar-refractivity contribution is -0.114. The highest BCUT2D eigenvalue weighted by molar-refractivity contribution is 7.91. The molecule has 2 aliphatic heterocycles. The number of nitrogens with one attached hydrogen (secondary N) is 1. The molecule has 0 radical (unpaired) electrons. The van der Waals surface area contributed by atoms with E-state index < -0.39 is 20.0 Å². The van der Waals surface area contributed by atoms with Crippen molar-refractivity contribution < 1.29 is 21.6 Å². The zero-order chi connectivity index (χ0) is 24.1. The first-order valence-electron chi connectivity index (χ1n) is 10.6. The van der Waals surface area contributed by atoms with Crippen LogP contribution in [0.3, 0.4) is 0 Å². The van der Waals surface area contributed by atoms with Gasteiger partial charge in [-0.2, -0.15) is 8.61 Å². The summed E-state index contributed by atoms with van der Waals surface area (Å²) < 4.78 is 52.1. The number of carbonyl (C=O) groups excluding carboxylic acids is 1. The number of hydrogen-bond acceptors (Lipinski definition) is 10. The van der Waals surface area contributed by atoms with Gasteiger partial charge >= 0.3 is 0 Å². The lowest BCUT2D eigenvalue weighted by atomic mass is 10.2. The van der Waals surface area contributed by atoms with Crippen molar-refractivity contribution in [3.05, 3.63) is 12.4 Å². The number of thiazole rings is 2. The number of amides is 1. The Labute approximate surface area is 202 Å². The first-order valence-corrected chi connectivity index (χ1v) is 15.1. The fourth-order valence-electron chi connectivity index (χ4n) is 3.44. The topological polar surface area (TPSA) is 156 Å². The molecule has 11 nitrogen and oxygen atoms in total. The molecule has 0 unspecified atom stereocenters. The molecule has 4 heterocycles. The predicted molar refractivity (Wildman–Crippen MR) is 128 cm³/mol. The van der Waals surface area contributed by atoms with Crippen molar-refractivity contribution in [2.24, 2.45) is 0 Å². The van der Waals surface area contributed by atoms with Gasteiger partial charge in [-0.1, -0.05) is 35.5 Å². The summed E-state index contributed by atoms with van der Waals surface area (Å²) in [6.45, 7) is 3.71. The first kappa shape index (κ1) is 26.0. The van der Waals surface area contributed by atoms with E-state index in [1.807, 2.05) is 0 Å². The largest absolute Gasteiger partial charge is 0.375 e. The Hall–Kier alpha value is -1.65. The van der Waals surface area contributed by atoms with Crippen molar-refractivity contribution in [2.75, 3.05) is 37.2 Å². The molecule has 2 fully saturated rings. The second-order valence-electron chi connectivity index (χ2n) is 7.61. The molecule has 0 atom stereocenters. The summed E-state index contributed by atoms with van der Waals surface area (Å²) in [6, 6.07) is 0. The van der Waals surface area contributed by atoms with Gasteiger partial charge in [0.25, 0.3) is 20.0 Å². The quantitative estimate of drug-likeness (QED) is 0.589. The zero-order valence-electron chi connectivity index (χ0n) is 18.3. The molecule has 2 saturated heterocycles. The second-order valence-corrected chi connectivity index (χ2v) is 14.0. The third kappa shape index (κ3) is 6.70. The normalized spacial score (nSPS) is 18.3. The van der Waals surface area contributed by atoms with Crippen molar-refractivity contribution in [1.82, 2.24) is 18.6 Å². The van der Waals surface area contributed by atoms with Gasteiger partial charge in [0, 0.05) is 33.1 Å². The van der Waals surface area contributed by atoms with E-state index >= 15 is 0 Å². The molecule has 2 aliphatic rings. The highest BCUT2D eigenvalue weighted by Gasteiger charge is 2.29. The Kier molecular flexibility index (Phi) is 8.80. The van der Waals surface area contributed by atoms with E-state index in [4.69, 9.17) is 5.73 Å². The summed E-state index contributed by atoms with van der Waals surface area (Å²) in [5, 5.41) is 3.10. The minimum atomic E-state index is -3.44. The van der Waals surface area contributed by atoms with E-state index in [-0.39, 0.29) is 14.3 Å². The van der Waals surface area contributed by atoms with Crippen LogP contribution in [-0.4, -0.2) is 67.5 Å². The molecule has 2 aromatic heterocycles. The van der Waals surface area contributed by atoms with Crippen LogP contribution in [-0.2, 0) is 24.8 Å². The Morgan fingerprint density at radius 1 is 0.848 bits per heavy atom. The number of nitrogen functional groups attached to an aromatic ring is 1. The maximum atomic E-state index is 12.3. The van der Waals surface area contributed by atoms with Gasteiger partial charge in [-0.15, -0.1) is 0 Å². The summed E-state index contributed by atoms with van der Waals surface area (Å²) in [4.78, 5) is 18.5. The Morgan fingerprint density at radius 3 is 1.73 bits per heavy atom. The third-order valence-electron chi connectivity index (χ3n) is 5.09. The Bertz CT molecular complexity index is 1150. The second kappa shape index (κ2) is 11.2. The van der Waals surface area contributed by atoms with Crippen LogP contribution >= 0.6 is 22.7 Å². The third-order valence-corrected chi connectivity index (χ3v) is 11.5. The van der Waals surface area contributed by atoms with Crippen LogP contribution in [0.25, 0.3) is 0 Å². The Balaban J connectivity index is 0.000000189. The van der Waals surface area contributed by atoms with Crippen LogP contribution in [0.15, 0.2) is 20.8 Å². The monoisotopic (exact) mass is 536 g/mol. The minimum absolute atomic E-state index is 0.188. The van der Waals surface area contributed by atoms with Gasteiger partial charge in [-0.3, -0.25) is 4.79 Å². The van der Waals surface area contributed by atoms with Gasteiger partial charge in [-0.05, 0) is 25.7 Å². The van der Waals surface area contributed by atoms with Crippen molar-refractivity contribution in [3.8, 4) is 0 Å².